The van der Waals surface area contributed by atoms with E-state index in [1.807, 2.05) is 23.9 Å². The highest BCUT2D eigenvalue weighted by molar-refractivity contribution is 4.94. The molecule has 1 aromatic heterocycles. The molecule has 0 saturated heterocycles. The van der Waals surface area contributed by atoms with Gasteiger partial charge in [-0.15, -0.1) is 0 Å². The predicted octanol–water partition coefficient (Wildman–Crippen LogP) is 0.786. The third-order valence-corrected chi connectivity index (χ3v) is 1.68. The maximum Gasteiger partial charge on any atom is 0.0593 e. The minimum Gasteiger partial charge on any atom is -0.330 e. The van der Waals surface area contributed by atoms with Crippen LogP contribution >= 0.6 is 0 Å². The van der Waals surface area contributed by atoms with Crippen molar-refractivity contribution in [2.45, 2.75) is 20.4 Å². The summed E-state index contributed by atoms with van der Waals surface area (Å²) in [5.41, 5.74) is 6.55. The molecule has 0 bridgehead atoms. The maximum atomic E-state index is 5.49. The summed E-state index contributed by atoms with van der Waals surface area (Å²) in [6.45, 7) is 5.75. The molecule has 0 fully saturated rings. The molecule has 0 spiro atoms. The van der Waals surface area contributed by atoms with Crippen molar-refractivity contribution in [1.82, 2.24) is 9.78 Å². The predicted molar refractivity (Wildman–Crippen MR) is 45.2 cm³/mol. The minimum absolute atomic E-state index is 0.509. The normalized spacial score (nSPS) is 13.4. The lowest BCUT2D eigenvalue weighted by atomic mass is 10.2. The third kappa shape index (κ3) is 2.35. The first-order valence-electron chi connectivity index (χ1n) is 3.92. The topological polar surface area (TPSA) is 43.8 Å². The van der Waals surface area contributed by atoms with Crippen LogP contribution in [0.2, 0.25) is 0 Å². The average molecular weight is 153 g/mol. The summed E-state index contributed by atoms with van der Waals surface area (Å²) in [4.78, 5) is 0. The van der Waals surface area contributed by atoms with Crippen LogP contribution in [0.25, 0.3) is 0 Å². The van der Waals surface area contributed by atoms with E-state index in [0.29, 0.717) is 5.92 Å². The van der Waals surface area contributed by atoms with Crippen molar-refractivity contribution < 1.29 is 0 Å². The molecule has 3 heteroatoms. The molecule has 62 valence electrons. The van der Waals surface area contributed by atoms with Gasteiger partial charge in [-0.3, -0.25) is 4.68 Å². The van der Waals surface area contributed by atoms with E-state index < -0.39 is 0 Å². The highest BCUT2D eigenvalue weighted by Crippen LogP contribution is 1.98. The number of nitrogens with zero attached hydrogens (tertiary/aromatic N) is 2. The summed E-state index contributed by atoms with van der Waals surface area (Å²) in [6.07, 6.45) is 1.99. The molecule has 11 heavy (non-hydrogen) atoms. The Kier molecular flexibility index (Phi) is 2.65. The fourth-order valence-corrected chi connectivity index (χ4v) is 0.959. The Morgan fingerprint density at radius 3 is 2.91 bits per heavy atom. The van der Waals surface area contributed by atoms with Crippen molar-refractivity contribution in [2.24, 2.45) is 11.7 Å². The van der Waals surface area contributed by atoms with Crippen molar-refractivity contribution in [3.63, 3.8) is 0 Å². The maximum absolute atomic E-state index is 5.49. The van der Waals surface area contributed by atoms with Crippen molar-refractivity contribution in [3.8, 4) is 0 Å². The summed E-state index contributed by atoms with van der Waals surface area (Å²) in [5, 5.41) is 4.26. The molecule has 0 unspecified atom stereocenters. The first-order chi connectivity index (χ1) is 5.22. The van der Waals surface area contributed by atoms with Gasteiger partial charge in [0.25, 0.3) is 0 Å². The second kappa shape index (κ2) is 3.53. The smallest absolute Gasteiger partial charge is 0.0593 e. The molecule has 0 radical (unpaired) electrons. The summed E-state index contributed by atoms with van der Waals surface area (Å²) >= 11 is 0. The highest BCUT2D eigenvalue weighted by atomic mass is 15.3. The van der Waals surface area contributed by atoms with Gasteiger partial charge in [-0.1, -0.05) is 6.92 Å². The summed E-state index contributed by atoms with van der Waals surface area (Å²) in [5.74, 6) is 0.509. The van der Waals surface area contributed by atoms with E-state index in [-0.39, 0.29) is 0 Å². The average Bonchev–Trinajstić information content (AvgIpc) is 2.35. The van der Waals surface area contributed by atoms with Crippen LogP contribution in [0.5, 0.6) is 0 Å². The zero-order valence-corrected chi connectivity index (χ0v) is 7.12. The molecule has 0 aliphatic carbocycles. The van der Waals surface area contributed by atoms with Crippen LogP contribution in [0.3, 0.4) is 0 Å². The molecule has 0 amide bonds. The van der Waals surface area contributed by atoms with Crippen molar-refractivity contribution in [2.75, 3.05) is 6.54 Å². The number of rotatable bonds is 3. The van der Waals surface area contributed by atoms with Gasteiger partial charge in [0, 0.05) is 12.7 Å². The molecule has 0 aliphatic rings. The molecule has 3 nitrogen and oxygen atoms in total. The largest absolute Gasteiger partial charge is 0.330 e. The molecular weight excluding hydrogens is 138 g/mol. The zero-order chi connectivity index (χ0) is 8.27. The van der Waals surface area contributed by atoms with E-state index >= 15 is 0 Å². The van der Waals surface area contributed by atoms with E-state index in [1.54, 1.807) is 0 Å². The second-order valence-electron chi connectivity index (χ2n) is 3.02. The Morgan fingerprint density at radius 1 is 1.73 bits per heavy atom. The molecule has 1 aromatic rings. The minimum atomic E-state index is 0.509. The quantitative estimate of drug-likeness (QED) is 0.697. The SMILES string of the molecule is Cc1ccn(C[C@@H](C)CN)n1. The monoisotopic (exact) mass is 153 g/mol. The molecule has 1 atom stereocenters. The molecule has 1 heterocycles. The Bertz CT molecular complexity index is 217. The van der Waals surface area contributed by atoms with Crippen LogP contribution in [0.4, 0.5) is 0 Å². The van der Waals surface area contributed by atoms with Gasteiger partial charge in [0.1, 0.15) is 0 Å². The molecule has 1 rings (SSSR count). The lowest BCUT2D eigenvalue weighted by Crippen LogP contribution is -2.17. The Labute approximate surface area is 67.2 Å². The van der Waals surface area contributed by atoms with Crippen molar-refractivity contribution in [1.29, 1.82) is 0 Å². The van der Waals surface area contributed by atoms with Crippen LogP contribution in [0.15, 0.2) is 12.3 Å². The Hall–Kier alpha value is -0.830. The van der Waals surface area contributed by atoms with Crippen molar-refractivity contribution >= 4 is 0 Å². The van der Waals surface area contributed by atoms with Gasteiger partial charge in [-0.2, -0.15) is 5.10 Å². The van der Waals surface area contributed by atoms with Crippen LogP contribution in [0.1, 0.15) is 12.6 Å². The van der Waals surface area contributed by atoms with Gasteiger partial charge in [-0.05, 0) is 25.5 Å². The fourth-order valence-electron chi connectivity index (χ4n) is 0.959. The molecule has 0 saturated carbocycles. The van der Waals surface area contributed by atoms with Gasteiger partial charge in [0.05, 0.1) is 5.69 Å². The van der Waals surface area contributed by atoms with E-state index in [4.69, 9.17) is 5.73 Å². The number of aryl methyl sites for hydroxylation is 1. The van der Waals surface area contributed by atoms with Gasteiger partial charge in [0.2, 0.25) is 0 Å². The Balaban J connectivity index is 2.50. The number of hydrogen-bond acceptors (Lipinski definition) is 2. The number of aromatic nitrogens is 2. The lowest BCUT2D eigenvalue weighted by molar-refractivity contribution is 0.457. The molecule has 0 aliphatic heterocycles. The first kappa shape index (κ1) is 8.27. The van der Waals surface area contributed by atoms with Crippen LogP contribution in [-0.4, -0.2) is 16.3 Å². The lowest BCUT2D eigenvalue weighted by Gasteiger charge is -2.07. The van der Waals surface area contributed by atoms with Crippen LogP contribution < -0.4 is 5.73 Å². The second-order valence-corrected chi connectivity index (χ2v) is 3.02. The van der Waals surface area contributed by atoms with E-state index in [9.17, 15) is 0 Å². The van der Waals surface area contributed by atoms with E-state index in [2.05, 4.69) is 12.0 Å². The summed E-state index contributed by atoms with van der Waals surface area (Å²) in [7, 11) is 0. The van der Waals surface area contributed by atoms with Gasteiger partial charge in [-0.25, -0.2) is 0 Å². The molecular formula is C8H15N3. The molecule has 2 N–H and O–H groups in total. The standard InChI is InChI=1S/C8H15N3/c1-7(5-9)6-11-4-3-8(2)10-11/h3-4,7H,5-6,9H2,1-2H3/t7-/m0/s1. The fraction of sp³-hybridized carbons (Fsp3) is 0.625. The van der Waals surface area contributed by atoms with E-state index in [1.165, 1.54) is 0 Å². The van der Waals surface area contributed by atoms with Gasteiger partial charge in [0.15, 0.2) is 0 Å². The van der Waals surface area contributed by atoms with Crippen molar-refractivity contribution in [3.05, 3.63) is 18.0 Å². The first-order valence-corrected chi connectivity index (χ1v) is 3.92. The van der Waals surface area contributed by atoms with Crippen LogP contribution in [-0.2, 0) is 6.54 Å². The Morgan fingerprint density at radius 2 is 2.45 bits per heavy atom. The van der Waals surface area contributed by atoms with Crippen LogP contribution in [0, 0.1) is 12.8 Å². The van der Waals surface area contributed by atoms with Gasteiger partial charge >= 0.3 is 0 Å². The summed E-state index contributed by atoms with van der Waals surface area (Å²) in [6, 6.07) is 2.00. The summed E-state index contributed by atoms with van der Waals surface area (Å²) < 4.78 is 1.94. The third-order valence-electron chi connectivity index (χ3n) is 1.68. The molecule has 0 aromatic carbocycles. The number of hydrogen-bond donors (Lipinski definition) is 1. The van der Waals surface area contributed by atoms with E-state index in [0.717, 1.165) is 18.8 Å². The zero-order valence-electron chi connectivity index (χ0n) is 7.12. The van der Waals surface area contributed by atoms with Gasteiger partial charge < -0.3 is 5.73 Å². The number of nitrogens with two attached hydrogens (primary N) is 1. The highest BCUT2D eigenvalue weighted by Gasteiger charge is 2.00.